The summed E-state index contributed by atoms with van der Waals surface area (Å²) in [5.74, 6) is -1.59. The van der Waals surface area contributed by atoms with Gasteiger partial charge in [-0.15, -0.1) is 0 Å². The van der Waals surface area contributed by atoms with E-state index in [2.05, 4.69) is 10.6 Å². The minimum Gasteiger partial charge on any atom is -0.394 e. The summed E-state index contributed by atoms with van der Waals surface area (Å²) in [6.07, 6.45) is -41.7. The Labute approximate surface area is 351 Å². The highest BCUT2D eigenvalue weighted by atomic mass is 16.8. The number of amides is 2. The van der Waals surface area contributed by atoms with E-state index in [0.717, 1.165) is 13.8 Å². The topological polar surface area (TPSA) is 445 Å². The van der Waals surface area contributed by atoms with Crippen molar-refractivity contribution in [1.29, 1.82) is 0 Å². The molecule has 17 N–H and O–H groups in total. The first kappa shape index (κ1) is 51.0. The molecule has 5 fully saturated rings. The number of carbonyl (C=O) groups is 2. The van der Waals surface area contributed by atoms with Gasteiger partial charge in [0, 0.05) is 13.8 Å². The zero-order valence-electron chi connectivity index (χ0n) is 33.2. The van der Waals surface area contributed by atoms with Gasteiger partial charge >= 0.3 is 0 Å². The van der Waals surface area contributed by atoms with Crippen LogP contribution in [0.2, 0.25) is 0 Å². The summed E-state index contributed by atoms with van der Waals surface area (Å²) in [7, 11) is 0. The Morgan fingerprint density at radius 2 is 0.694 bits per heavy atom. The smallest absolute Gasteiger partial charge is 0.217 e. The van der Waals surface area contributed by atoms with Crippen molar-refractivity contribution in [2.75, 3.05) is 33.0 Å². The van der Waals surface area contributed by atoms with E-state index < -0.39 is 198 Å². The van der Waals surface area contributed by atoms with Gasteiger partial charge in [0.1, 0.15) is 122 Å². The molecule has 28 heteroatoms. The normalized spacial score (nSPS) is 49.0. The summed E-state index contributed by atoms with van der Waals surface area (Å²) in [6, 6.07) is -3.36. The third kappa shape index (κ3) is 10.8. The highest BCUT2D eigenvalue weighted by Gasteiger charge is 2.57. The molecule has 0 aromatic rings. The van der Waals surface area contributed by atoms with E-state index in [1.807, 2.05) is 0 Å². The van der Waals surface area contributed by atoms with E-state index in [-0.39, 0.29) is 0 Å². The first-order valence-corrected chi connectivity index (χ1v) is 19.6. The molecule has 2 amide bonds. The highest BCUT2D eigenvalue weighted by molar-refractivity contribution is 5.73. The SMILES string of the molecule is CC(=O)N[C@H]1[C@H](O[C@@H]2[C@H](O)[C@@H](O[C@@H]3O[C@H](CO)[C@@H](O[C@@H]4O[C@H](CO)[C@H](O)[C@H](O)[C@H]4O)[C@H](O)[C@H]3NC(C)=O)C(O)O[C@@H]2CO)O[C@H](CO)[C@@H](O[C@@H]2O[C@H](CO)[C@H](O)[C@H](O)[C@H]2O)[C@@H]1O. The zero-order valence-corrected chi connectivity index (χ0v) is 33.2. The number of aliphatic hydroxyl groups is 15. The van der Waals surface area contributed by atoms with Gasteiger partial charge in [0.05, 0.1) is 33.0 Å². The van der Waals surface area contributed by atoms with Crippen molar-refractivity contribution in [2.45, 2.75) is 167 Å². The van der Waals surface area contributed by atoms with Crippen molar-refractivity contribution in [3.63, 3.8) is 0 Å². The molecule has 0 radical (unpaired) electrons. The molecule has 0 aliphatic carbocycles. The number of carbonyl (C=O) groups excluding carboxylic acids is 2. The van der Waals surface area contributed by atoms with Crippen molar-refractivity contribution in [3.05, 3.63) is 0 Å². The maximum atomic E-state index is 12.4. The number of nitrogens with one attached hydrogen (secondary N) is 2. The maximum Gasteiger partial charge on any atom is 0.217 e. The molecule has 1 unspecified atom stereocenters. The number of aliphatic hydroxyl groups excluding tert-OH is 15. The molecule has 0 saturated carbocycles. The van der Waals surface area contributed by atoms with Crippen LogP contribution in [0.1, 0.15) is 13.8 Å². The molecule has 5 aliphatic heterocycles. The monoisotopic (exact) mass is 910 g/mol. The van der Waals surface area contributed by atoms with E-state index in [0.29, 0.717) is 0 Å². The lowest BCUT2D eigenvalue weighted by Crippen LogP contribution is -2.70. The van der Waals surface area contributed by atoms with Crippen LogP contribution in [0.15, 0.2) is 0 Å². The van der Waals surface area contributed by atoms with Gasteiger partial charge in [-0.2, -0.15) is 0 Å². The molecule has 5 saturated heterocycles. The van der Waals surface area contributed by atoms with Crippen LogP contribution in [0, 0.1) is 0 Å². The van der Waals surface area contributed by atoms with Gasteiger partial charge in [-0.05, 0) is 0 Å². The van der Waals surface area contributed by atoms with Crippen LogP contribution < -0.4 is 10.6 Å². The van der Waals surface area contributed by atoms with Gasteiger partial charge in [0.2, 0.25) is 11.8 Å². The Morgan fingerprint density at radius 3 is 1.05 bits per heavy atom. The zero-order chi connectivity index (χ0) is 45.9. The Morgan fingerprint density at radius 1 is 0.387 bits per heavy atom. The lowest BCUT2D eigenvalue weighted by molar-refractivity contribution is -0.383. The molecule has 5 rings (SSSR count). The van der Waals surface area contributed by atoms with Crippen LogP contribution in [0.4, 0.5) is 0 Å². The van der Waals surface area contributed by atoms with Crippen molar-refractivity contribution in [1.82, 2.24) is 10.6 Å². The van der Waals surface area contributed by atoms with Crippen molar-refractivity contribution < 1.29 is 129 Å². The first-order valence-electron chi connectivity index (χ1n) is 19.6. The minimum atomic E-state index is -2.14. The summed E-state index contributed by atoms with van der Waals surface area (Å²) < 4.78 is 51.0. The maximum absolute atomic E-state index is 12.4. The molecule has 5 aliphatic rings. The molecule has 360 valence electrons. The summed E-state index contributed by atoms with van der Waals surface area (Å²) in [6.45, 7) is -2.48. The van der Waals surface area contributed by atoms with E-state index in [1.165, 1.54) is 0 Å². The van der Waals surface area contributed by atoms with Gasteiger partial charge in [0.15, 0.2) is 31.5 Å². The number of rotatable bonds is 15. The first-order chi connectivity index (χ1) is 29.3. The van der Waals surface area contributed by atoms with Gasteiger partial charge in [-0.3, -0.25) is 9.59 Å². The molecule has 5 heterocycles. The Kier molecular flexibility index (Phi) is 18.1. The second-order valence-electron chi connectivity index (χ2n) is 15.4. The van der Waals surface area contributed by atoms with Crippen molar-refractivity contribution >= 4 is 11.8 Å². The Balaban J connectivity index is 1.36. The molecule has 0 bridgehead atoms. The van der Waals surface area contributed by atoms with Crippen LogP contribution in [-0.4, -0.2) is 275 Å². The molecule has 0 aromatic heterocycles. The molecule has 25 atom stereocenters. The number of hydrogen-bond acceptors (Lipinski definition) is 26. The van der Waals surface area contributed by atoms with E-state index in [4.69, 9.17) is 42.6 Å². The van der Waals surface area contributed by atoms with E-state index in [9.17, 15) is 86.2 Å². The summed E-state index contributed by atoms with van der Waals surface area (Å²) in [5, 5.41) is 162. The van der Waals surface area contributed by atoms with Crippen LogP contribution >= 0.6 is 0 Å². The highest BCUT2D eigenvalue weighted by Crippen LogP contribution is 2.35. The predicted octanol–water partition coefficient (Wildman–Crippen LogP) is -11.6. The molecule has 0 aromatic carbocycles. The Hall–Kier alpha value is -2.02. The third-order valence-electron chi connectivity index (χ3n) is 11.1. The fourth-order valence-corrected chi connectivity index (χ4v) is 7.83. The average Bonchev–Trinajstić information content (AvgIpc) is 3.23. The number of hydrogen-bond donors (Lipinski definition) is 17. The van der Waals surface area contributed by atoms with Crippen LogP contribution in [0.25, 0.3) is 0 Å². The van der Waals surface area contributed by atoms with Gasteiger partial charge in [0.25, 0.3) is 0 Å². The summed E-state index contributed by atoms with van der Waals surface area (Å²) in [4.78, 5) is 24.7. The molecular formula is C34H58N2O26. The molecular weight excluding hydrogens is 852 g/mol. The molecule has 62 heavy (non-hydrogen) atoms. The second-order valence-corrected chi connectivity index (χ2v) is 15.4. The van der Waals surface area contributed by atoms with Crippen LogP contribution in [-0.2, 0) is 52.2 Å². The van der Waals surface area contributed by atoms with Gasteiger partial charge < -0.3 is 130 Å². The van der Waals surface area contributed by atoms with Crippen LogP contribution in [0.5, 0.6) is 0 Å². The molecule has 0 spiro atoms. The standard InChI is InChI=1S/C34H58N2O26/c1-8(42)35-15-19(46)26(60-33-23(50)21(48)17(44)10(3-37)55-33)13(6-40)57-31(15)59-28-12(5-39)54-30(53)29(25(28)52)62-32-16(36-9(2)43)20(47)27(14(7-41)58-32)61-34-24(51)22(49)18(45)11(4-38)56-34/h10-34,37-41,44-53H,3-7H2,1-2H3,(H,35,42)(H,36,43)/t10-,11-,12-,13-,14-,15-,16-,17+,18+,19-,20-,21+,22+,23-,24-,25+,26-,27-,28+,29-,30?,31+,32+,33+,34+/m1/s1. The average molecular weight is 911 g/mol. The lowest BCUT2D eigenvalue weighted by atomic mass is 9.94. The van der Waals surface area contributed by atoms with E-state index >= 15 is 0 Å². The summed E-state index contributed by atoms with van der Waals surface area (Å²) in [5.41, 5.74) is 0. The van der Waals surface area contributed by atoms with Gasteiger partial charge in [-0.25, -0.2) is 0 Å². The fourth-order valence-electron chi connectivity index (χ4n) is 7.83. The van der Waals surface area contributed by atoms with Crippen molar-refractivity contribution in [3.8, 4) is 0 Å². The summed E-state index contributed by atoms with van der Waals surface area (Å²) >= 11 is 0. The molecule has 28 nitrogen and oxygen atoms in total. The van der Waals surface area contributed by atoms with Crippen LogP contribution in [0.3, 0.4) is 0 Å². The largest absolute Gasteiger partial charge is 0.394 e. The quantitative estimate of drug-likeness (QED) is 0.0725. The second kappa shape index (κ2) is 22.0. The lowest BCUT2D eigenvalue weighted by Gasteiger charge is -2.50. The van der Waals surface area contributed by atoms with Crippen molar-refractivity contribution in [2.24, 2.45) is 0 Å². The van der Waals surface area contributed by atoms with E-state index in [1.54, 1.807) is 0 Å². The third-order valence-corrected chi connectivity index (χ3v) is 11.1. The minimum absolute atomic E-state index is 0.791. The Bertz CT molecular complexity index is 1440. The number of ether oxygens (including phenoxy) is 9. The van der Waals surface area contributed by atoms with Gasteiger partial charge in [-0.1, -0.05) is 0 Å². The predicted molar refractivity (Wildman–Crippen MR) is 190 cm³/mol. The fraction of sp³-hybridized carbons (Fsp3) is 0.941.